The third kappa shape index (κ3) is 4.63. The molecule has 0 aliphatic carbocycles. The Morgan fingerprint density at radius 3 is 2.48 bits per heavy atom. The van der Waals surface area contributed by atoms with Gasteiger partial charge in [-0.1, -0.05) is 30.3 Å². The summed E-state index contributed by atoms with van der Waals surface area (Å²) in [7, 11) is 0. The third-order valence-corrected chi connectivity index (χ3v) is 5.07. The molecule has 0 aromatic heterocycles. The fraction of sp³-hybridized carbons (Fsp3) is 0.632. The van der Waals surface area contributed by atoms with Crippen LogP contribution in [-0.2, 0) is 4.74 Å². The van der Waals surface area contributed by atoms with E-state index in [1.807, 2.05) is 30.3 Å². The highest BCUT2D eigenvalue weighted by Gasteiger charge is 2.26. The molecule has 3 rings (SSSR count). The first-order valence-electron chi connectivity index (χ1n) is 8.88. The number of piperidine rings is 1. The summed E-state index contributed by atoms with van der Waals surface area (Å²) in [5, 5.41) is 0. The molecule has 0 unspecified atom stereocenters. The van der Waals surface area contributed by atoms with Crippen molar-refractivity contribution in [3.8, 4) is 0 Å². The van der Waals surface area contributed by atoms with Gasteiger partial charge in [-0.2, -0.15) is 0 Å². The molecule has 0 saturated carbocycles. The average Bonchev–Trinajstić information content (AvgIpc) is 2.61. The first-order valence-corrected chi connectivity index (χ1v) is 8.88. The summed E-state index contributed by atoms with van der Waals surface area (Å²) < 4.78 is 5.59. The Morgan fingerprint density at radius 1 is 1.09 bits per heavy atom. The van der Waals surface area contributed by atoms with E-state index in [0.717, 1.165) is 64.3 Å². The lowest BCUT2D eigenvalue weighted by Crippen LogP contribution is -2.46. The summed E-state index contributed by atoms with van der Waals surface area (Å²) >= 11 is 0. The molecule has 0 spiro atoms. The lowest BCUT2D eigenvalue weighted by atomic mass is 9.89. The van der Waals surface area contributed by atoms with E-state index in [0.29, 0.717) is 11.9 Å². The van der Waals surface area contributed by atoms with Crippen molar-refractivity contribution in [3.05, 3.63) is 35.9 Å². The van der Waals surface area contributed by atoms with Crippen LogP contribution in [-0.4, -0.2) is 67.6 Å². The molecule has 1 aromatic carbocycles. The Labute approximate surface area is 139 Å². The van der Waals surface area contributed by atoms with Crippen molar-refractivity contribution in [3.63, 3.8) is 0 Å². The van der Waals surface area contributed by atoms with Crippen molar-refractivity contribution < 1.29 is 9.53 Å². The smallest absolute Gasteiger partial charge is 0.166 e. The Hall–Kier alpha value is -1.23. The van der Waals surface area contributed by atoms with Crippen LogP contribution in [0.1, 0.15) is 30.1 Å². The number of benzene rings is 1. The third-order valence-electron chi connectivity index (χ3n) is 5.07. The van der Waals surface area contributed by atoms with Crippen molar-refractivity contribution in [1.29, 1.82) is 0 Å². The Morgan fingerprint density at radius 2 is 1.78 bits per heavy atom. The van der Waals surface area contributed by atoms with Crippen LogP contribution in [0, 0.1) is 5.92 Å². The van der Waals surface area contributed by atoms with E-state index in [4.69, 9.17) is 4.74 Å². The van der Waals surface area contributed by atoms with Crippen LogP contribution in [0.25, 0.3) is 0 Å². The van der Waals surface area contributed by atoms with Gasteiger partial charge in [0.05, 0.1) is 12.7 Å². The molecule has 23 heavy (non-hydrogen) atoms. The number of carbonyl (C=O) groups is 1. The van der Waals surface area contributed by atoms with E-state index in [2.05, 4.69) is 16.7 Å². The number of likely N-dealkylation sites (tertiary alicyclic amines) is 1. The van der Waals surface area contributed by atoms with Gasteiger partial charge < -0.3 is 9.64 Å². The maximum atomic E-state index is 12.5. The normalized spacial score (nSPS) is 24.7. The fourth-order valence-corrected chi connectivity index (χ4v) is 3.63. The molecular weight excluding hydrogens is 288 g/mol. The van der Waals surface area contributed by atoms with Gasteiger partial charge in [-0.15, -0.1) is 0 Å². The Bertz CT molecular complexity index is 497. The fourth-order valence-electron chi connectivity index (χ4n) is 3.63. The van der Waals surface area contributed by atoms with Gasteiger partial charge in [-0.05, 0) is 32.9 Å². The zero-order valence-electron chi connectivity index (χ0n) is 14.1. The van der Waals surface area contributed by atoms with E-state index in [1.54, 1.807) is 0 Å². The van der Waals surface area contributed by atoms with Gasteiger partial charge in [0.1, 0.15) is 0 Å². The minimum atomic E-state index is 0.206. The molecule has 0 amide bonds. The van der Waals surface area contributed by atoms with E-state index in [-0.39, 0.29) is 5.92 Å². The van der Waals surface area contributed by atoms with Crippen LogP contribution < -0.4 is 0 Å². The van der Waals surface area contributed by atoms with Crippen molar-refractivity contribution in [2.24, 2.45) is 5.92 Å². The predicted octanol–water partition coefficient (Wildman–Crippen LogP) is 2.30. The molecule has 2 aliphatic rings. The number of ketones is 1. The number of morpholine rings is 1. The molecule has 4 heteroatoms. The SMILES string of the molecule is C[C@@H]1CN(CCN2CCC(C(=O)c3ccccc3)CC2)CCO1. The summed E-state index contributed by atoms with van der Waals surface area (Å²) in [6, 6.07) is 9.74. The quantitative estimate of drug-likeness (QED) is 0.781. The van der Waals surface area contributed by atoms with Crippen LogP contribution in [0.2, 0.25) is 0 Å². The molecule has 0 bridgehead atoms. The average molecular weight is 316 g/mol. The number of hydrogen-bond acceptors (Lipinski definition) is 4. The lowest BCUT2D eigenvalue weighted by molar-refractivity contribution is -0.0213. The molecule has 2 saturated heterocycles. The Kier molecular flexibility index (Phi) is 5.81. The van der Waals surface area contributed by atoms with Crippen molar-refractivity contribution in [2.75, 3.05) is 45.9 Å². The number of rotatable bonds is 5. The first kappa shape index (κ1) is 16.6. The molecule has 1 atom stereocenters. The lowest BCUT2D eigenvalue weighted by Gasteiger charge is -2.35. The molecule has 0 N–H and O–H groups in total. The van der Waals surface area contributed by atoms with Crippen LogP contribution in [0.5, 0.6) is 0 Å². The molecule has 2 aliphatic heterocycles. The van der Waals surface area contributed by atoms with E-state index in [9.17, 15) is 4.79 Å². The number of Topliss-reactive ketones (excluding diaryl/α,β-unsaturated/α-hetero) is 1. The highest BCUT2D eigenvalue weighted by atomic mass is 16.5. The van der Waals surface area contributed by atoms with Crippen LogP contribution >= 0.6 is 0 Å². The van der Waals surface area contributed by atoms with E-state index < -0.39 is 0 Å². The minimum absolute atomic E-state index is 0.206. The molecule has 0 radical (unpaired) electrons. The zero-order chi connectivity index (χ0) is 16.1. The Balaban J connectivity index is 1.41. The van der Waals surface area contributed by atoms with Gasteiger partial charge >= 0.3 is 0 Å². The maximum absolute atomic E-state index is 12.5. The van der Waals surface area contributed by atoms with Crippen LogP contribution in [0.15, 0.2) is 30.3 Å². The highest BCUT2D eigenvalue weighted by Crippen LogP contribution is 2.21. The standard InChI is InChI=1S/C19H28N2O2/c1-16-15-21(13-14-23-16)12-11-20-9-7-18(8-10-20)19(22)17-5-3-2-4-6-17/h2-6,16,18H,7-15H2,1H3/t16-/m1/s1. The summed E-state index contributed by atoms with van der Waals surface area (Å²) in [5.74, 6) is 0.532. The minimum Gasteiger partial charge on any atom is -0.376 e. The maximum Gasteiger partial charge on any atom is 0.166 e. The summed E-state index contributed by atoms with van der Waals surface area (Å²) in [4.78, 5) is 17.5. The van der Waals surface area contributed by atoms with Gasteiger partial charge in [0.15, 0.2) is 5.78 Å². The zero-order valence-corrected chi connectivity index (χ0v) is 14.1. The van der Waals surface area contributed by atoms with Gasteiger partial charge in [-0.3, -0.25) is 9.69 Å². The highest BCUT2D eigenvalue weighted by molar-refractivity contribution is 5.97. The summed E-state index contributed by atoms with van der Waals surface area (Å²) in [6.45, 7) is 9.41. The van der Waals surface area contributed by atoms with Crippen molar-refractivity contribution >= 4 is 5.78 Å². The van der Waals surface area contributed by atoms with Gasteiger partial charge in [0.25, 0.3) is 0 Å². The van der Waals surface area contributed by atoms with Crippen LogP contribution in [0.3, 0.4) is 0 Å². The molecule has 4 nitrogen and oxygen atoms in total. The van der Waals surface area contributed by atoms with Crippen molar-refractivity contribution in [1.82, 2.24) is 9.80 Å². The van der Waals surface area contributed by atoms with E-state index >= 15 is 0 Å². The molecular formula is C19H28N2O2. The van der Waals surface area contributed by atoms with Crippen LogP contribution in [0.4, 0.5) is 0 Å². The monoisotopic (exact) mass is 316 g/mol. The summed E-state index contributed by atoms with van der Waals surface area (Å²) in [5.41, 5.74) is 0.869. The van der Waals surface area contributed by atoms with Crippen molar-refractivity contribution in [2.45, 2.75) is 25.9 Å². The predicted molar refractivity (Wildman–Crippen MR) is 91.8 cm³/mol. The number of hydrogen-bond donors (Lipinski definition) is 0. The largest absolute Gasteiger partial charge is 0.376 e. The number of ether oxygens (including phenoxy) is 1. The molecule has 2 heterocycles. The van der Waals surface area contributed by atoms with Gasteiger partial charge in [0, 0.05) is 37.7 Å². The first-order chi connectivity index (χ1) is 11.2. The molecule has 2 fully saturated rings. The topological polar surface area (TPSA) is 32.8 Å². The second-order valence-corrected chi connectivity index (χ2v) is 6.83. The number of nitrogens with zero attached hydrogens (tertiary/aromatic N) is 2. The summed E-state index contributed by atoms with van der Waals surface area (Å²) in [6.07, 6.45) is 2.35. The second kappa shape index (κ2) is 8.04. The number of carbonyl (C=O) groups excluding carboxylic acids is 1. The molecule has 1 aromatic rings. The van der Waals surface area contributed by atoms with Gasteiger partial charge in [-0.25, -0.2) is 0 Å². The van der Waals surface area contributed by atoms with Gasteiger partial charge in [0.2, 0.25) is 0 Å². The second-order valence-electron chi connectivity index (χ2n) is 6.83. The van der Waals surface area contributed by atoms with E-state index in [1.165, 1.54) is 0 Å². The molecule has 126 valence electrons.